The van der Waals surface area contributed by atoms with Gasteiger partial charge in [0.1, 0.15) is 0 Å². The Hall–Kier alpha value is -0.860. The van der Waals surface area contributed by atoms with Crippen LogP contribution in [0.1, 0.15) is 79.1 Å². The van der Waals surface area contributed by atoms with Crippen LogP contribution in [0, 0.1) is 11.8 Å². The first-order chi connectivity index (χ1) is 9.02. The minimum absolute atomic E-state index is 0.168. The van der Waals surface area contributed by atoms with E-state index in [0.29, 0.717) is 0 Å². The second kappa shape index (κ2) is 11.0. The van der Waals surface area contributed by atoms with E-state index in [2.05, 4.69) is 13.8 Å². The zero-order chi connectivity index (χ0) is 14.7. The van der Waals surface area contributed by atoms with Gasteiger partial charge in [0.2, 0.25) is 0 Å². The normalized spacial score (nSPS) is 13.9. The molecule has 0 bridgehead atoms. The summed E-state index contributed by atoms with van der Waals surface area (Å²) >= 11 is 0. The van der Waals surface area contributed by atoms with Gasteiger partial charge in [-0.05, 0) is 12.8 Å². The molecule has 0 aliphatic carbocycles. The van der Waals surface area contributed by atoms with Crippen LogP contribution in [-0.4, -0.2) is 11.9 Å². The van der Waals surface area contributed by atoms with Crippen LogP contribution in [0.25, 0.3) is 0 Å². The molecule has 19 heavy (non-hydrogen) atoms. The van der Waals surface area contributed by atoms with Gasteiger partial charge in [-0.15, -0.1) is 0 Å². The summed E-state index contributed by atoms with van der Waals surface area (Å²) in [5, 5.41) is 0. The van der Waals surface area contributed by atoms with Crippen molar-refractivity contribution >= 4 is 11.9 Å². The van der Waals surface area contributed by atoms with Gasteiger partial charge in [0, 0.05) is 0 Å². The van der Waals surface area contributed by atoms with Crippen molar-refractivity contribution in [2.24, 2.45) is 11.8 Å². The van der Waals surface area contributed by atoms with Gasteiger partial charge in [-0.2, -0.15) is 0 Å². The molecule has 0 heterocycles. The minimum atomic E-state index is -0.358. The molecule has 0 saturated heterocycles. The van der Waals surface area contributed by atoms with Crippen molar-refractivity contribution < 1.29 is 14.3 Å². The van der Waals surface area contributed by atoms with E-state index in [1.807, 2.05) is 13.8 Å². The highest BCUT2D eigenvalue weighted by Crippen LogP contribution is 2.15. The van der Waals surface area contributed by atoms with Crippen molar-refractivity contribution in [3.05, 3.63) is 0 Å². The molecule has 2 atom stereocenters. The molecule has 0 aliphatic rings. The van der Waals surface area contributed by atoms with Gasteiger partial charge >= 0.3 is 11.9 Å². The Kier molecular flexibility index (Phi) is 10.5. The predicted molar refractivity (Wildman–Crippen MR) is 77.7 cm³/mol. The first kappa shape index (κ1) is 18.1. The van der Waals surface area contributed by atoms with Crippen LogP contribution >= 0.6 is 0 Å². The molecular formula is C16H30O3. The third-order valence-corrected chi connectivity index (χ3v) is 3.49. The minimum Gasteiger partial charge on any atom is -0.393 e. The van der Waals surface area contributed by atoms with Crippen molar-refractivity contribution in [3.63, 3.8) is 0 Å². The Morgan fingerprint density at radius 2 is 1.16 bits per heavy atom. The Morgan fingerprint density at radius 3 is 1.47 bits per heavy atom. The lowest BCUT2D eigenvalue weighted by Crippen LogP contribution is -2.23. The molecule has 0 aromatic carbocycles. The average Bonchev–Trinajstić information content (AvgIpc) is 2.38. The first-order valence-corrected chi connectivity index (χ1v) is 7.78. The van der Waals surface area contributed by atoms with Gasteiger partial charge in [-0.3, -0.25) is 9.59 Å². The Morgan fingerprint density at radius 1 is 0.789 bits per heavy atom. The van der Waals surface area contributed by atoms with Crippen molar-refractivity contribution in [2.45, 2.75) is 79.1 Å². The van der Waals surface area contributed by atoms with Gasteiger partial charge in [0.05, 0.1) is 11.8 Å². The third kappa shape index (κ3) is 8.79. The number of carbonyl (C=O) groups excluding carboxylic acids is 2. The maximum Gasteiger partial charge on any atom is 0.316 e. The van der Waals surface area contributed by atoms with Crippen molar-refractivity contribution in [2.75, 3.05) is 0 Å². The van der Waals surface area contributed by atoms with E-state index < -0.39 is 0 Å². The molecule has 0 saturated carbocycles. The fourth-order valence-corrected chi connectivity index (χ4v) is 1.94. The van der Waals surface area contributed by atoms with E-state index >= 15 is 0 Å². The number of rotatable bonds is 10. The lowest BCUT2D eigenvalue weighted by Gasteiger charge is -2.13. The van der Waals surface area contributed by atoms with E-state index in [0.717, 1.165) is 51.4 Å². The molecule has 3 heteroatoms. The van der Waals surface area contributed by atoms with Crippen LogP contribution in [-0.2, 0) is 14.3 Å². The monoisotopic (exact) mass is 270 g/mol. The van der Waals surface area contributed by atoms with Crippen LogP contribution < -0.4 is 0 Å². The largest absolute Gasteiger partial charge is 0.393 e. The molecule has 0 rings (SSSR count). The summed E-state index contributed by atoms with van der Waals surface area (Å²) in [6.07, 6.45) is 8.18. The van der Waals surface area contributed by atoms with E-state index in [1.54, 1.807) is 0 Å². The number of hydrogen-bond acceptors (Lipinski definition) is 3. The fourth-order valence-electron chi connectivity index (χ4n) is 1.94. The van der Waals surface area contributed by atoms with Gasteiger partial charge in [0.15, 0.2) is 0 Å². The van der Waals surface area contributed by atoms with Crippen molar-refractivity contribution in [1.29, 1.82) is 0 Å². The van der Waals surface area contributed by atoms with Crippen LogP contribution in [0.2, 0.25) is 0 Å². The SMILES string of the molecule is CCCCCC(C)C(=O)OC(=O)C(C)CCCCC. The van der Waals surface area contributed by atoms with E-state index in [-0.39, 0.29) is 23.8 Å². The summed E-state index contributed by atoms with van der Waals surface area (Å²) in [5.41, 5.74) is 0. The number of ether oxygens (including phenoxy) is 1. The second-order valence-electron chi connectivity index (χ2n) is 5.53. The zero-order valence-electron chi connectivity index (χ0n) is 13.0. The molecule has 0 spiro atoms. The Balaban J connectivity index is 3.92. The molecule has 0 aromatic rings. The highest BCUT2D eigenvalue weighted by atomic mass is 16.6. The highest BCUT2D eigenvalue weighted by Gasteiger charge is 2.21. The quantitative estimate of drug-likeness (QED) is 0.334. The van der Waals surface area contributed by atoms with Crippen LogP contribution in [0.5, 0.6) is 0 Å². The summed E-state index contributed by atoms with van der Waals surface area (Å²) in [4.78, 5) is 23.5. The van der Waals surface area contributed by atoms with Gasteiger partial charge in [-0.25, -0.2) is 0 Å². The van der Waals surface area contributed by atoms with Gasteiger partial charge in [-0.1, -0.05) is 66.2 Å². The predicted octanol–water partition coefficient (Wildman–Crippen LogP) is 4.49. The van der Waals surface area contributed by atoms with Crippen molar-refractivity contribution in [3.8, 4) is 0 Å². The Bertz CT molecular complexity index is 235. The van der Waals surface area contributed by atoms with Crippen molar-refractivity contribution in [1.82, 2.24) is 0 Å². The average molecular weight is 270 g/mol. The van der Waals surface area contributed by atoms with Gasteiger partial charge in [0.25, 0.3) is 0 Å². The van der Waals surface area contributed by atoms with E-state index in [4.69, 9.17) is 4.74 Å². The molecule has 0 aromatic heterocycles. The topological polar surface area (TPSA) is 43.4 Å². The fraction of sp³-hybridized carbons (Fsp3) is 0.875. The number of hydrogen-bond donors (Lipinski definition) is 0. The molecule has 0 fully saturated rings. The molecule has 112 valence electrons. The smallest absolute Gasteiger partial charge is 0.316 e. The molecular weight excluding hydrogens is 240 g/mol. The summed E-state index contributed by atoms with van der Waals surface area (Å²) in [5.74, 6) is -1.05. The zero-order valence-corrected chi connectivity index (χ0v) is 13.0. The first-order valence-electron chi connectivity index (χ1n) is 7.78. The summed E-state index contributed by atoms with van der Waals surface area (Å²) < 4.78 is 4.96. The van der Waals surface area contributed by atoms with Crippen LogP contribution in [0.4, 0.5) is 0 Å². The maximum atomic E-state index is 11.7. The molecule has 3 nitrogen and oxygen atoms in total. The molecule has 0 amide bonds. The lowest BCUT2D eigenvalue weighted by molar-refractivity contribution is -0.165. The molecule has 0 radical (unpaired) electrons. The standard InChI is InChI=1S/C16H30O3/c1-5-7-9-11-13(3)15(17)19-16(18)14(4)12-10-8-6-2/h13-14H,5-12H2,1-4H3. The second-order valence-corrected chi connectivity index (χ2v) is 5.53. The number of carbonyl (C=O) groups is 2. The number of unbranched alkanes of at least 4 members (excludes halogenated alkanes) is 4. The summed E-state index contributed by atoms with van der Waals surface area (Å²) in [6.45, 7) is 7.94. The lowest BCUT2D eigenvalue weighted by atomic mass is 10.0. The van der Waals surface area contributed by atoms with E-state index in [9.17, 15) is 9.59 Å². The molecule has 0 aliphatic heterocycles. The van der Waals surface area contributed by atoms with Gasteiger partial charge < -0.3 is 4.74 Å². The summed E-state index contributed by atoms with van der Waals surface area (Å²) in [6, 6.07) is 0. The molecule has 0 N–H and O–H groups in total. The number of esters is 2. The molecule has 2 unspecified atom stereocenters. The Labute approximate surface area is 118 Å². The van der Waals surface area contributed by atoms with E-state index in [1.165, 1.54) is 0 Å². The highest BCUT2D eigenvalue weighted by molar-refractivity contribution is 5.87. The summed E-state index contributed by atoms with van der Waals surface area (Å²) in [7, 11) is 0. The van der Waals surface area contributed by atoms with Crippen LogP contribution in [0.3, 0.4) is 0 Å². The third-order valence-electron chi connectivity index (χ3n) is 3.49. The maximum absolute atomic E-state index is 11.7. The van der Waals surface area contributed by atoms with Crippen LogP contribution in [0.15, 0.2) is 0 Å².